The maximum Gasteiger partial charge on any atom is 2.00 e. The van der Waals surface area contributed by atoms with Gasteiger partial charge in [-0.25, -0.2) is 0 Å². The van der Waals surface area contributed by atoms with E-state index in [0.29, 0.717) is 26.2 Å². The first-order valence-corrected chi connectivity index (χ1v) is 15.4. The molecule has 1 heterocycles. The van der Waals surface area contributed by atoms with E-state index in [9.17, 15) is 10.2 Å². The molecule has 240 valence electrons. The maximum atomic E-state index is 9.53. The van der Waals surface area contributed by atoms with Crippen molar-refractivity contribution >= 4 is 47.6 Å². The third kappa shape index (κ3) is 16.4. The molecule has 1 aliphatic rings. The smallest absolute Gasteiger partial charge is 0.852 e. The molecule has 8 nitrogen and oxygen atoms in total. The molecule has 0 aliphatic carbocycles. The molecule has 0 N–H and O–H groups in total. The molecule has 0 atom stereocenters. The molecule has 0 bridgehead atoms. The van der Waals surface area contributed by atoms with Crippen LogP contribution in [0.4, 0.5) is 22.7 Å². The van der Waals surface area contributed by atoms with Gasteiger partial charge in [0.2, 0.25) is 0 Å². The second-order valence-corrected chi connectivity index (χ2v) is 10.7. The quantitative estimate of drug-likeness (QED) is 0.176. The van der Waals surface area contributed by atoms with Crippen molar-refractivity contribution in [3.05, 3.63) is 130 Å². The molecule has 48 heavy (non-hydrogen) atoms. The van der Waals surface area contributed by atoms with Gasteiger partial charge in [0, 0.05) is 24.9 Å². The Hall–Kier alpha value is -3.67. The van der Waals surface area contributed by atoms with Gasteiger partial charge in [-0.15, -0.1) is 35.0 Å². The summed E-state index contributed by atoms with van der Waals surface area (Å²) in [6, 6.07) is 32.0. The average Bonchev–Trinajstić information content (AvgIpc) is 3.02. The normalized spacial score (nSPS) is 12.5. The van der Waals surface area contributed by atoms with Crippen molar-refractivity contribution in [2.45, 2.75) is 39.9 Å². The first-order valence-electron chi connectivity index (χ1n) is 15.4. The molecule has 0 radical (unpaired) electrons. The molecule has 1 aliphatic heterocycles. The number of aliphatic imine (C=N–C) groups is 4. The Morgan fingerprint density at radius 3 is 0.812 bits per heavy atom. The summed E-state index contributed by atoms with van der Waals surface area (Å²) >= 11 is 0. The summed E-state index contributed by atoms with van der Waals surface area (Å²) in [5.41, 5.74) is 7.29. The van der Waals surface area contributed by atoms with Crippen LogP contribution in [-0.4, -0.2) is 63.2 Å². The fourth-order valence-electron chi connectivity index (χ4n) is 3.94. The molecule has 4 aromatic rings. The third-order valence-electron chi connectivity index (χ3n) is 5.87. The van der Waals surface area contributed by atoms with Gasteiger partial charge in [-0.2, -0.15) is 0 Å². The average molecular weight is 746 g/mol. The maximum absolute atomic E-state index is 9.53. The molecular weight excluding hydrogens is 703 g/mol. The number of benzene rings is 4. The standard InChI is InChI=1S/C32H28N6.2C3H7O.2Zn/c1-5-13-29-25(9-1)21-33-17-18-34-23-27-11-3-7-15-31(27)38-32-16-8-4-12-28(32)24-36-20-19-35-22-26-10-2-6-14-30(26)37-29;2*1-3(2)4;;/h1-16,21-24H,17-20H2;2*3H,1-2H3;;/q-2;2*-1;2*+2. The minimum absolute atomic E-state index is 0. The Kier molecular flexibility index (Phi) is 21.6. The van der Waals surface area contributed by atoms with Crippen molar-refractivity contribution in [2.24, 2.45) is 20.0 Å². The van der Waals surface area contributed by atoms with Crippen molar-refractivity contribution in [3.8, 4) is 0 Å². The van der Waals surface area contributed by atoms with Crippen LogP contribution in [-0.2, 0) is 39.0 Å². The number of para-hydroxylation sites is 4. The van der Waals surface area contributed by atoms with Gasteiger partial charge >= 0.3 is 39.0 Å². The van der Waals surface area contributed by atoms with E-state index in [1.54, 1.807) is 27.7 Å². The van der Waals surface area contributed by atoms with Crippen LogP contribution in [0.3, 0.4) is 0 Å². The zero-order valence-corrected chi connectivity index (χ0v) is 34.4. The van der Waals surface area contributed by atoms with E-state index in [0.717, 1.165) is 45.0 Å². The summed E-state index contributed by atoms with van der Waals surface area (Å²) in [4.78, 5) is 18.4. The molecular formula is C38H42N6O2Zn2. The van der Waals surface area contributed by atoms with Crippen molar-refractivity contribution in [1.82, 2.24) is 0 Å². The van der Waals surface area contributed by atoms with E-state index >= 15 is 0 Å². The van der Waals surface area contributed by atoms with Gasteiger partial charge in [0.15, 0.2) is 0 Å². The van der Waals surface area contributed by atoms with Crippen molar-refractivity contribution < 1.29 is 49.2 Å². The molecule has 0 fully saturated rings. The topological polar surface area (TPSA) is 124 Å². The van der Waals surface area contributed by atoms with Gasteiger partial charge in [0.25, 0.3) is 0 Å². The van der Waals surface area contributed by atoms with E-state index in [1.165, 1.54) is 0 Å². The zero-order chi connectivity index (χ0) is 33.0. The fraction of sp³-hybridized carbons (Fsp3) is 0.263. The van der Waals surface area contributed by atoms with Crippen LogP contribution in [0.25, 0.3) is 10.6 Å². The summed E-state index contributed by atoms with van der Waals surface area (Å²) in [6.07, 6.45) is 6.65. The second-order valence-electron chi connectivity index (χ2n) is 10.7. The molecule has 0 amide bonds. The molecule has 10 heteroatoms. The number of rotatable bonds is 0. The largest absolute Gasteiger partial charge is 2.00 e. The van der Waals surface area contributed by atoms with Crippen molar-refractivity contribution in [2.75, 3.05) is 26.2 Å². The van der Waals surface area contributed by atoms with Crippen LogP contribution in [0.5, 0.6) is 0 Å². The summed E-state index contributed by atoms with van der Waals surface area (Å²) in [5.74, 6) is 0. The summed E-state index contributed by atoms with van der Waals surface area (Å²) < 4.78 is 0. The Balaban J connectivity index is 0.00000104. The van der Waals surface area contributed by atoms with Crippen LogP contribution in [0.2, 0.25) is 0 Å². The van der Waals surface area contributed by atoms with Gasteiger partial charge in [0.1, 0.15) is 0 Å². The Morgan fingerprint density at radius 1 is 0.417 bits per heavy atom. The van der Waals surface area contributed by atoms with Crippen molar-refractivity contribution in [3.63, 3.8) is 0 Å². The van der Waals surface area contributed by atoms with Gasteiger partial charge in [0.05, 0.1) is 26.2 Å². The number of fused-ring (bicyclic) bond motifs is 4. The van der Waals surface area contributed by atoms with Crippen LogP contribution < -0.4 is 10.2 Å². The minimum atomic E-state index is -0.417. The monoisotopic (exact) mass is 742 g/mol. The molecule has 5 rings (SSSR count). The van der Waals surface area contributed by atoms with E-state index in [1.807, 2.05) is 122 Å². The number of hydrogen-bond donors (Lipinski definition) is 0. The van der Waals surface area contributed by atoms with E-state index in [2.05, 4.69) is 20.0 Å². The second kappa shape index (κ2) is 24.5. The van der Waals surface area contributed by atoms with Gasteiger partial charge in [-0.3, -0.25) is 20.0 Å². The summed E-state index contributed by atoms with van der Waals surface area (Å²) in [5, 5.41) is 28.9. The number of hydrogen-bond acceptors (Lipinski definition) is 6. The van der Waals surface area contributed by atoms with Gasteiger partial charge in [-0.05, 0) is 22.3 Å². The summed E-state index contributed by atoms with van der Waals surface area (Å²) in [6.45, 7) is 8.75. The predicted octanol–water partition coefficient (Wildman–Crippen LogP) is 7.26. The van der Waals surface area contributed by atoms with Gasteiger partial charge < -0.3 is 20.8 Å². The van der Waals surface area contributed by atoms with Crippen LogP contribution in [0, 0.1) is 0 Å². The van der Waals surface area contributed by atoms with Crippen LogP contribution in [0.15, 0.2) is 117 Å². The van der Waals surface area contributed by atoms with Crippen molar-refractivity contribution in [1.29, 1.82) is 0 Å². The first kappa shape index (κ1) is 42.3. The van der Waals surface area contributed by atoms with Crippen LogP contribution in [0.1, 0.15) is 49.9 Å². The third-order valence-corrected chi connectivity index (χ3v) is 5.87. The Bertz CT molecular complexity index is 1370. The zero-order valence-electron chi connectivity index (χ0n) is 28.4. The molecule has 0 aromatic heterocycles. The van der Waals surface area contributed by atoms with E-state index in [-0.39, 0.29) is 39.0 Å². The SMILES string of the molecule is C1=NCCN=Cc2ccccc2[N-]c2ccccc2C=NCCN=Cc2ccccc2[N-]c2ccccc21.CC(C)[O-].CC(C)[O-].[Zn+2].[Zn+2]. The molecule has 0 spiro atoms. The van der Waals surface area contributed by atoms with E-state index in [4.69, 9.17) is 10.6 Å². The molecule has 0 unspecified atom stereocenters. The number of nitrogens with zero attached hydrogens (tertiary/aromatic N) is 6. The molecule has 0 saturated heterocycles. The van der Waals surface area contributed by atoms with E-state index < -0.39 is 12.2 Å². The minimum Gasteiger partial charge on any atom is -0.852 e. The Morgan fingerprint density at radius 2 is 0.604 bits per heavy atom. The first-order chi connectivity index (χ1) is 22.3. The Labute approximate surface area is 311 Å². The fourth-order valence-corrected chi connectivity index (χ4v) is 3.94. The van der Waals surface area contributed by atoms with Crippen LogP contribution >= 0.6 is 0 Å². The summed E-state index contributed by atoms with van der Waals surface area (Å²) in [7, 11) is 0. The molecule has 0 saturated carbocycles. The predicted molar refractivity (Wildman–Crippen MR) is 191 cm³/mol. The molecule has 4 aromatic carbocycles. The van der Waals surface area contributed by atoms with Gasteiger partial charge in [-0.1, -0.05) is 125 Å².